The summed E-state index contributed by atoms with van der Waals surface area (Å²) < 4.78 is 7.19. The van der Waals surface area contributed by atoms with E-state index in [2.05, 4.69) is 64.1 Å². The number of halogens is 1. The Morgan fingerprint density at radius 3 is 2.31 bits per heavy atom. The number of carbonyl (C=O) groups is 2. The summed E-state index contributed by atoms with van der Waals surface area (Å²) in [5, 5.41) is 10.6. The van der Waals surface area contributed by atoms with Crippen molar-refractivity contribution in [2.75, 3.05) is 0 Å². The summed E-state index contributed by atoms with van der Waals surface area (Å²) in [6.45, 7) is 18.9. The molecule has 5 heteroatoms. The van der Waals surface area contributed by atoms with Crippen LogP contribution in [0.2, 0.25) is 0 Å². The number of carboxylic acid groups (broad SMARTS) is 1. The Balaban J connectivity index is 1.29. The van der Waals surface area contributed by atoms with Crippen molar-refractivity contribution < 1.29 is 19.4 Å². The van der Waals surface area contributed by atoms with Crippen LogP contribution in [0.5, 0.6) is 0 Å². The fourth-order valence-electron chi connectivity index (χ4n) is 12.5. The maximum absolute atomic E-state index is 13.2. The predicted octanol–water partition coefficient (Wildman–Crippen LogP) is 9.72. The van der Waals surface area contributed by atoms with Crippen LogP contribution >= 0.6 is 15.9 Å². The Bertz CT molecular complexity index is 1300. The Kier molecular flexibility index (Phi) is 7.20. The molecule has 10 atom stereocenters. The molecule has 0 heterocycles. The van der Waals surface area contributed by atoms with Gasteiger partial charge in [0.2, 0.25) is 0 Å². The summed E-state index contributed by atoms with van der Waals surface area (Å²) in [5.74, 6) is 1.26. The third-order valence-electron chi connectivity index (χ3n) is 14.7. The third-order valence-corrected chi connectivity index (χ3v) is 15.2. The van der Waals surface area contributed by atoms with Gasteiger partial charge in [-0.2, -0.15) is 0 Å². The van der Waals surface area contributed by atoms with E-state index < -0.39 is 11.4 Å². The molecule has 0 saturated heterocycles. The molecule has 5 aliphatic carbocycles. The first-order valence-electron chi connectivity index (χ1n) is 16.5. The monoisotopic (exact) mass is 638 g/mol. The second kappa shape index (κ2) is 9.94. The molecule has 1 aromatic carbocycles. The number of carbonyl (C=O) groups excluding carboxylic acids is 1. The van der Waals surface area contributed by atoms with Gasteiger partial charge in [0.25, 0.3) is 0 Å². The van der Waals surface area contributed by atoms with E-state index in [4.69, 9.17) is 4.74 Å². The van der Waals surface area contributed by atoms with Crippen molar-refractivity contribution in [1.29, 1.82) is 0 Å². The van der Waals surface area contributed by atoms with E-state index >= 15 is 0 Å². The second-order valence-corrected chi connectivity index (χ2v) is 17.3. The SMILES string of the molecule is C=C(C)[C@@H]1CC[C@]2(C(=O)O)CC[C@]3(C)C(CCC4[C@@]5(C)CC[C@H](OC(=O)c6cccc(Br)c6)C(C)(C)C5CC[C@]43C)C12. The molecule has 1 N–H and O–H groups in total. The van der Waals surface area contributed by atoms with Crippen LogP contribution < -0.4 is 0 Å². The van der Waals surface area contributed by atoms with Gasteiger partial charge in [-0.05, 0) is 135 Å². The first-order chi connectivity index (χ1) is 19.6. The zero-order valence-corrected chi connectivity index (χ0v) is 28.2. The largest absolute Gasteiger partial charge is 0.481 e. The van der Waals surface area contributed by atoms with Crippen molar-refractivity contribution in [1.82, 2.24) is 0 Å². The summed E-state index contributed by atoms with van der Waals surface area (Å²) in [6, 6.07) is 7.50. The van der Waals surface area contributed by atoms with E-state index in [1.807, 2.05) is 24.3 Å². The first-order valence-corrected chi connectivity index (χ1v) is 17.3. The lowest BCUT2D eigenvalue weighted by molar-refractivity contribution is -0.248. The first kappa shape index (κ1) is 30.4. The van der Waals surface area contributed by atoms with Crippen molar-refractivity contribution in [3.8, 4) is 0 Å². The number of hydrogen-bond donors (Lipinski definition) is 1. The van der Waals surface area contributed by atoms with Crippen LogP contribution in [0.1, 0.15) is 116 Å². The Morgan fingerprint density at radius 1 is 0.905 bits per heavy atom. The highest BCUT2D eigenvalue weighted by Gasteiger charge is 2.72. The highest BCUT2D eigenvalue weighted by atomic mass is 79.9. The molecule has 5 fully saturated rings. The normalized spacial score (nSPS) is 45.5. The van der Waals surface area contributed by atoms with Crippen LogP contribution in [-0.2, 0) is 9.53 Å². The summed E-state index contributed by atoms with van der Waals surface area (Å²) in [6.07, 6.45) is 10.1. The number of hydrogen-bond acceptors (Lipinski definition) is 3. The number of aliphatic carboxylic acids is 1. The standard InChI is InChI=1S/C37H51BrO4/c1-22(2)25-13-18-37(32(40)41)20-19-35(6)26(30(25)37)11-12-28-34(5)16-15-29(33(3,4)27(34)14-17-36(28,35)7)42-31(39)23-9-8-10-24(38)21-23/h8-10,21,25-30H,1,11-20H2,2-7H3,(H,40,41)/t25-,26?,27?,28?,29-,30?,34-,35+,36+,37-/m0/s1. The summed E-state index contributed by atoms with van der Waals surface area (Å²) in [5.41, 5.74) is 1.57. The van der Waals surface area contributed by atoms with Gasteiger partial charge in [-0.15, -0.1) is 0 Å². The molecule has 0 aliphatic heterocycles. The van der Waals surface area contributed by atoms with E-state index in [0.717, 1.165) is 55.8 Å². The van der Waals surface area contributed by atoms with Crippen LogP contribution in [0.25, 0.3) is 0 Å². The van der Waals surface area contributed by atoms with Crippen molar-refractivity contribution in [3.63, 3.8) is 0 Å². The van der Waals surface area contributed by atoms with Crippen molar-refractivity contribution >= 4 is 27.9 Å². The molecule has 6 rings (SSSR count). The molecule has 0 bridgehead atoms. The van der Waals surface area contributed by atoms with Crippen molar-refractivity contribution in [2.45, 2.75) is 112 Å². The van der Waals surface area contributed by atoms with Gasteiger partial charge < -0.3 is 9.84 Å². The van der Waals surface area contributed by atoms with Crippen LogP contribution in [0, 0.1) is 56.7 Å². The number of allylic oxidation sites excluding steroid dienone is 1. The number of rotatable bonds is 4. The molecular weight excluding hydrogens is 588 g/mol. The van der Waals surface area contributed by atoms with Gasteiger partial charge in [0.1, 0.15) is 6.10 Å². The van der Waals surface area contributed by atoms with Crippen LogP contribution in [0.15, 0.2) is 40.9 Å². The Hall–Kier alpha value is -1.62. The van der Waals surface area contributed by atoms with E-state index in [1.54, 1.807) is 0 Å². The van der Waals surface area contributed by atoms with E-state index in [0.29, 0.717) is 29.2 Å². The smallest absolute Gasteiger partial charge is 0.338 e. The Labute approximate surface area is 261 Å². The van der Waals surface area contributed by atoms with Gasteiger partial charge >= 0.3 is 11.9 Å². The van der Waals surface area contributed by atoms with Crippen molar-refractivity contribution in [2.24, 2.45) is 56.7 Å². The van der Waals surface area contributed by atoms with Gasteiger partial charge in [0.15, 0.2) is 0 Å². The van der Waals surface area contributed by atoms with Gasteiger partial charge in [-0.3, -0.25) is 4.79 Å². The van der Waals surface area contributed by atoms with Gasteiger partial charge in [-0.25, -0.2) is 4.79 Å². The molecule has 0 aromatic heterocycles. The number of carboxylic acids is 1. The molecule has 1 aromatic rings. The van der Waals surface area contributed by atoms with Crippen LogP contribution in [0.4, 0.5) is 0 Å². The molecule has 230 valence electrons. The van der Waals surface area contributed by atoms with Crippen LogP contribution in [-0.4, -0.2) is 23.1 Å². The highest BCUT2D eigenvalue weighted by Crippen LogP contribution is 2.77. The molecule has 0 spiro atoms. The lowest BCUT2D eigenvalue weighted by Gasteiger charge is -2.72. The van der Waals surface area contributed by atoms with Crippen molar-refractivity contribution in [3.05, 3.63) is 46.5 Å². The quantitative estimate of drug-likeness (QED) is 0.263. The summed E-state index contributed by atoms with van der Waals surface area (Å²) >= 11 is 3.49. The summed E-state index contributed by atoms with van der Waals surface area (Å²) in [4.78, 5) is 26.1. The van der Waals surface area contributed by atoms with E-state index in [1.165, 1.54) is 18.4 Å². The highest BCUT2D eigenvalue weighted by molar-refractivity contribution is 9.10. The minimum atomic E-state index is -0.573. The fourth-order valence-corrected chi connectivity index (χ4v) is 12.9. The summed E-state index contributed by atoms with van der Waals surface area (Å²) in [7, 11) is 0. The lowest BCUT2D eigenvalue weighted by Crippen LogP contribution is -2.67. The number of benzene rings is 1. The average molecular weight is 640 g/mol. The zero-order valence-electron chi connectivity index (χ0n) is 26.6. The topological polar surface area (TPSA) is 63.6 Å². The van der Waals surface area contributed by atoms with E-state index in [9.17, 15) is 14.7 Å². The molecule has 0 amide bonds. The number of esters is 1. The molecule has 42 heavy (non-hydrogen) atoms. The molecule has 4 nitrogen and oxygen atoms in total. The Morgan fingerprint density at radius 2 is 1.64 bits per heavy atom. The van der Waals surface area contributed by atoms with Gasteiger partial charge in [0, 0.05) is 9.89 Å². The van der Waals surface area contributed by atoms with Gasteiger partial charge in [0.05, 0.1) is 11.0 Å². The molecule has 4 unspecified atom stereocenters. The maximum Gasteiger partial charge on any atom is 0.338 e. The molecular formula is C37H51BrO4. The fraction of sp³-hybridized carbons (Fsp3) is 0.730. The lowest BCUT2D eigenvalue weighted by atomic mass is 9.32. The minimum absolute atomic E-state index is 0.0981. The maximum atomic E-state index is 13.2. The predicted molar refractivity (Wildman–Crippen MR) is 170 cm³/mol. The number of fused-ring (bicyclic) bond motifs is 7. The third kappa shape index (κ3) is 4.03. The van der Waals surface area contributed by atoms with Crippen LogP contribution in [0.3, 0.4) is 0 Å². The molecule has 5 saturated carbocycles. The second-order valence-electron chi connectivity index (χ2n) is 16.4. The van der Waals surface area contributed by atoms with E-state index in [-0.39, 0.29) is 39.7 Å². The van der Waals surface area contributed by atoms with Gasteiger partial charge in [-0.1, -0.05) is 68.8 Å². The zero-order chi connectivity index (χ0) is 30.5. The number of ether oxygens (including phenoxy) is 1. The minimum Gasteiger partial charge on any atom is -0.481 e. The molecule has 5 aliphatic rings. The average Bonchev–Trinajstić information content (AvgIpc) is 3.32. The molecule has 0 radical (unpaired) electrons.